The van der Waals surface area contributed by atoms with E-state index in [1.54, 1.807) is 0 Å². The molecule has 3 aromatic rings. The van der Waals surface area contributed by atoms with Crippen LogP contribution in [0.4, 0.5) is 11.4 Å². The Morgan fingerprint density at radius 3 is 1.41 bits per heavy atom. The summed E-state index contributed by atoms with van der Waals surface area (Å²) in [5, 5.41) is 8.16. The number of anilines is 2. The molecule has 2 N–H and O–H groups in total. The van der Waals surface area contributed by atoms with E-state index in [1.807, 2.05) is 85.0 Å². The summed E-state index contributed by atoms with van der Waals surface area (Å²) in [7, 11) is 2.00. The van der Waals surface area contributed by atoms with Crippen LogP contribution in [0.2, 0.25) is 0 Å². The van der Waals surface area contributed by atoms with Crippen LogP contribution < -0.4 is 15.2 Å². The predicted molar refractivity (Wildman–Crippen MR) is 119 cm³/mol. The van der Waals surface area contributed by atoms with Crippen LogP contribution in [-0.2, 0) is 16.6 Å². The summed E-state index contributed by atoms with van der Waals surface area (Å²) in [6, 6.07) is 14.0. The molecule has 1 aromatic heterocycles. The molecule has 0 aliphatic rings. The third kappa shape index (κ3) is 4.39. The summed E-state index contributed by atoms with van der Waals surface area (Å²) in [6.07, 6.45) is 0. The molecule has 0 aliphatic heterocycles. The Labute approximate surface area is 172 Å². The van der Waals surface area contributed by atoms with E-state index in [-0.39, 0.29) is 11.8 Å². The van der Waals surface area contributed by atoms with Crippen molar-refractivity contribution in [1.82, 2.24) is 0 Å². The zero-order chi connectivity index (χ0) is 21.6. The lowest BCUT2D eigenvalue weighted by Gasteiger charge is -2.18. The number of rotatable bonds is 2. The van der Waals surface area contributed by atoms with Gasteiger partial charge in [0.2, 0.25) is 22.8 Å². The summed E-state index contributed by atoms with van der Waals surface area (Å²) >= 11 is 0. The largest absolute Gasteiger partial charge is 0.325 e. The van der Waals surface area contributed by atoms with Gasteiger partial charge in [-0.2, -0.15) is 4.57 Å². The quantitative estimate of drug-likeness (QED) is 0.487. The van der Waals surface area contributed by atoms with Gasteiger partial charge in [-0.1, -0.05) is 41.5 Å². The first-order valence-electron chi connectivity index (χ1n) is 9.86. The SMILES string of the molecule is C[n+]1c2cc(NC(=O)C(C)(C)C)ccc2cc2ccc(NC(=O)C(C)(C)C)cc21. The highest BCUT2D eigenvalue weighted by molar-refractivity contribution is 5.99. The first kappa shape index (κ1) is 20.8. The second kappa shape index (κ2) is 7.14. The molecule has 0 saturated heterocycles. The van der Waals surface area contributed by atoms with Gasteiger partial charge in [0.25, 0.3) is 0 Å². The number of benzene rings is 2. The molecule has 0 spiro atoms. The number of aromatic nitrogens is 1. The predicted octanol–water partition coefficient (Wildman–Crippen LogP) is 4.79. The zero-order valence-electron chi connectivity index (χ0n) is 18.3. The van der Waals surface area contributed by atoms with Gasteiger partial charge in [-0.3, -0.25) is 9.59 Å². The first-order chi connectivity index (χ1) is 13.4. The molecule has 3 rings (SSSR count). The van der Waals surface area contributed by atoms with Crippen molar-refractivity contribution in [3.8, 4) is 0 Å². The van der Waals surface area contributed by atoms with E-state index in [4.69, 9.17) is 0 Å². The number of pyridine rings is 1. The van der Waals surface area contributed by atoms with E-state index in [2.05, 4.69) is 21.3 Å². The topological polar surface area (TPSA) is 62.1 Å². The van der Waals surface area contributed by atoms with E-state index in [9.17, 15) is 9.59 Å². The van der Waals surface area contributed by atoms with E-state index in [1.165, 1.54) is 0 Å². The summed E-state index contributed by atoms with van der Waals surface area (Å²) in [4.78, 5) is 24.7. The van der Waals surface area contributed by atoms with Gasteiger partial charge in [0.1, 0.15) is 7.05 Å². The monoisotopic (exact) mass is 392 g/mol. The maximum absolute atomic E-state index is 12.3. The number of amides is 2. The van der Waals surface area contributed by atoms with Crippen molar-refractivity contribution in [2.75, 3.05) is 10.6 Å². The lowest BCUT2D eigenvalue weighted by molar-refractivity contribution is -0.617. The molecular weight excluding hydrogens is 362 g/mol. The number of carbonyl (C=O) groups is 2. The molecule has 0 aliphatic carbocycles. The van der Waals surface area contributed by atoms with Gasteiger partial charge in [0, 0.05) is 45.1 Å². The summed E-state index contributed by atoms with van der Waals surface area (Å²) in [6.45, 7) is 11.4. The Balaban J connectivity index is 2.04. The van der Waals surface area contributed by atoms with Crippen molar-refractivity contribution in [3.63, 3.8) is 0 Å². The molecule has 0 atom stereocenters. The molecule has 0 radical (unpaired) electrons. The molecule has 2 amide bonds. The van der Waals surface area contributed by atoms with Gasteiger partial charge >= 0.3 is 0 Å². The third-order valence-electron chi connectivity index (χ3n) is 4.97. The average Bonchev–Trinajstić information content (AvgIpc) is 2.61. The maximum Gasteiger partial charge on any atom is 0.229 e. The van der Waals surface area contributed by atoms with Crippen LogP contribution in [0.1, 0.15) is 41.5 Å². The Hall–Kier alpha value is -2.95. The molecule has 0 fully saturated rings. The number of aryl methyl sites for hydroxylation is 1. The smallest absolute Gasteiger partial charge is 0.229 e. The van der Waals surface area contributed by atoms with Crippen molar-refractivity contribution in [2.24, 2.45) is 17.9 Å². The van der Waals surface area contributed by atoms with E-state index in [0.717, 1.165) is 33.2 Å². The van der Waals surface area contributed by atoms with E-state index in [0.29, 0.717) is 0 Å². The molecule has 1 heterocycles. The molecule has 5 heteroatoms. The highest BCUT2D eigenvalue weighted by Crippen LogP contribution is 2.25. The van der Waals surface area contributed by atoms with Crippen molar-refractivity contribution in [2.45, 2.75) is 41.5 Å². The lowest BCUT2D eigenvalue weighted by atomic mass is 9.95. The fourth-order valence-corrected chi connectivity index (χ4v) is 3.00. The van der Waals surface area contributed by atoms with Crippen LogP contribution in [-0.4, -0.2) is 11.8 Å². The fourth-order valence-electron chi connectivity index (χ4n) is 3.00. The minimum atomic E-state index is -0.458. The molecule has 0 bridgehead atoms. The molecule has 29 heavy (non-hydrogen) atoms. The number of fused-ring (bicyclic) bond motifs is 2. The summed E-state index contributed by atoms with van der Waals surface area (Å²) in [5.41, 5.74) is 2.63. The second-order valence-corrected chi connectivity index (χ2v) is 9.66. The summed E-state index contributed by atoms with van der Waals surface area (Å²) in [5.74, 6) is -0.0417. The molecule has 0 unspecified atom stereocenters. The molecule has 2 aromatic carbocycles. The van der Waals surface area contributed by atoms with Crippen LogP contribution in [0.15, 0.2) is 42.5 Å². The minimum absolute atomic E-state index is 0.0209. The molecule has 152 valence electrons. The van der Waals surface area contributed by atoms with Crippen molar-refractivity contribution in [1.29, 1.82) is 0 Å². The minimum Gasteiger partial charge on any atom is -0.325 e. The number of hydrogen-bond donors (Lipinski definition) is 2. The van der Waals surface area contributed by atoms with Gasteiger partial charge < -0.3 is 10.6 Å². The van der Waals surface area contributed by atoms with Gasteiger partial charge in [0.05, 0.1) is 0 Å². The van der Waals surface area contributed by atoms with Crippen LogP contribution >= 0.6 is 0 Å². The Kier molecular flexibility index (Phi) is 5.11. The van der Waals surface area contributed by atoms with Crippen LogP contribution in [0.25, 0.3) is 21.8 Å². The van der Waals surface area contributed by atoms with Crippen LogP contribution in [0.3, 0.4) is 0 Å². The van der Waals surface area contributed by atoms with Gasteiger partial charge in [-0.15, -0.1) is 0 Å². The Bertz CT molecular complexity index is 1030. The van der Waals surface area contributed by atoms with E-state index < -0.39 is 10.8 Å². The van der Waals surface area contributed by atoms with Crippen LogP contribution in [0.5, 0.6) is 0 Å². The van der Waals surface area contributed by atoms with E-state index >= 15 is 0 Å². The van der Waals surface area contributed by atoms with Crippen LogP contribution in [0, 0.1) is 10.8 Å². The van der Waals surface area contributed by atoms with Gasteiger partial charge in [-0.05, 0) is 30.3 Å². The Morgan fingerprint density at radius 1 is 0.690 bits per heavy atom. The average molecular weight is 393 g/mol. The number of nitrogens with one attached hydrogen (secondary N) is 2. The number of hydrogen-bond acceptors (Lipinski definition) is 2. The zero-order valence-corrected chi connectivity index (χ0v) is 18.3. The summed E-state index contributed by atoms with van der Waals surface area (Å²) < 4.78 is 2.09. The number of carbonyl (C=O) groups excluding carboxylic acids is 2. The second-order valence-electron chi connectivity index (χ2n) is 9.66. The molecular formula is C24H30N3O2+. The number of nitrogens with zero attached hydrogens (tertiary/aromatic N) is 1. The lowest BCUT2D eigenvalue weighted by Crippen LogP contribution is -2.31. The van der Waals surface area contributed by atoms with Crippen molar-refractivity contribution in [3.05, 3.63) is 42.5 Å². The standard InChI is InChI=1S/C24H29N3O2/c1-23(2,3)21(28)25-17-10-8-15-12-16-9-11-18(26-22(29)24(4,5)6)14-20(16)27(7)19(15)13-17/h8-14H,1-7H3,(H,25,26,28,29)/p+1. The van der Waals surface area contributed by atoms with Gasteiger partial charge in [0.15, 0.2) is 0 Å². The first-order valence-corrected chi connectivity index (χ1v) is 9.86. The highest BCUT2D eigenvalue weighted by Gasteiger charge is 2.23. The maximum atomic E-state index is 12.3. The highest BCUT2D eigenvalue weighted by atomic mass is 16.2. The molecule has 5 nitrogen and oxygen atoms in total. The van der Waals surface area contributed by atoms with Crippen molar-refractivity contribution >= 4 is 45.0 Å². The normalized spacial score (nSPS) is 12.2. The fraction of sp³-hybridized carbons (Fsp3) is 0.375. The Morgan fingerprint density at radius 2 is 1.07 bits per heavy atom. The molecule has 0 saturated carbocycles. The van der Waals surface area contributed by atoms with Gasteiger partial charge in [-0.25, -0.2) is 0 Å². The third-order valence-corrected chi connectivity index (χ3v) is 4.97. The van der Waals surface area contributed by atoms with Crippen molar-refractivity contribution < 1.29 is 14.2 Å².